The van der Waals surface area contributed by atoms with Crippen molar-refractivity contribution in [1.82, 2.24) is 18.9 Å². The molecule has 0 fully saturated rings. The number of fused-ring (bicyclic) bond motifs is 3. The van der Waals surface area contributed by atoms with E-state index in [0.717, 1.165) is 22.4 Å². The molecule has 0 radical (unpaired) electrons. The fraction of sp³-hybridized carbons (Fsp3) is 0.118. The van der Waals surface area contributed by atoms with Gasteiger partial charge in [-0.2, -0.15) is 0 Å². The van der Waals surface area contributed by atoms with E-state index in [1.165, 1.54) is 0 Å². The van der Waals surface area contributed by atoms with Crippen molar-refractivity contribution in [3.05, 3.63) is 66.3 Å². The maximum Gasteiger partial charge on any atom is 0.299 e. The molecule has 25 heavy (non-hydrogen) atoms. The molecule has 4 aromatic rings. The van der Waals surface area contributed by atoms with Crippen LogP contribution in [0.1, 0.15) is 11.4 Å². The first-order chi connectivity index (χ1) is 11.9. The second-order valence-electron chi connectivity index (χ2n) is 5.65. The topological polar surface area (TPSA) is 52.2 Å². The number of aryl methyl sites for hydroxylation is 2. The Morgan fingerprint density at radius 3 is 2.64 bits per heavy atom. The summed E-state index contributed by atoms with van der Waals surface area (Å²) in [6, 6.07) is 7.35. The lowest BCUT2D eigenvalue weighted by Gasteiger charge is -2.15. The van der Waals surface area contributed by atoms with Crippen LogP contribution in [0.5, 0.6) is 0 Å². The van der Waals surface area contributed by atoms with Crippen molar-refractivity contribution in [2.24, 2.45) is 0 Å². The van der Waals surface area contributed by atoms with Gasteiger partial charge in [-0.25, -0.2) is 4.98 Å². The Bertz CT molecular complexity index is 1230. The Morgan fingerprint density at radius 2 is 1.92 bits per heavy atom. The highest BCUT2D eigenvalue weighted by molar-refractivity contribution is 9.10. The molecule has 3 aromatic heterocycles. The number of benzene rings is 1. The van der Waals surface area contributed by atoms with Crippen molar-refractivity contribution in [2.45, 2.75) is 13.8 Å². The van der Waals surface area contributed by atoms with Gasteiger partial charge < -0.3 is 0 Å². The molecule has 0 saturated heterocycles. The molecule has 5 nitrogen and oxygen atoms in total. The van der Waals surface area contributed by atoms with Gasteiger partial charge >= 0.3 is 0 Å². The Kier molecular flexibility index (Phi) is 3.97. The highest BCUT2D eigenvalue weighted by Gasteiger charge is 2.19. The normalized spacial score (nSPS) is 11.6. The van der Waals surface area contributed by atoms with Crippen LogP contribution in [0.2, 0.25) is 5.02 Å². The third-order valence-corrected chi connectivity index (χ3v) is 6.11. The molecule has 0 aliphatic heterocycles. The molecule has 0 saturated carbocycles. The summed E-state index contributed by atoms with van der Waals surface area (Å²) in [4.78, 5) is 22.0. The lowest BCUT2D eigenvalue weighted by atomic mass is 10.2. The number of aromatic nitrogens is 4. The van der Waals surface area contributed by atoms with E-state index >= 15 is 0 Å². The molecular formula is C17H11Br2ClN4O. The molecule has 0 spiro atoms. The van der Waals surface area contributed by atoms with Gasteiger partial charge in [0.05, 0.1) is 33.1 Å². The molecule has 3 heterocycles. The number of pyridine rings is 1. The first kappa shape index (κ1) is 16.8. The number of hydrogen-bond donors (Lipinski definition) is 0. The molecule has 8 heteroatoms. The maximum atomic E-state index is 13.2. The average molecular weight is 483 g/mol. The Labute approximate surface area is 164 Å². The summed E-state index contributed by atoms with van der Waals surface area (Å²) >= 11 is 13.2. The van der Waals surface area contributed by atoms with Gasteiger partial charge in [-0.15, -0.1) is 0 Å². The van der Waals surface area contributed by atoms with Crippen molar-refractivity contribution < 1.29 is 0 Å². The minimum Gasteiger partial charge on any atom is -0.290 e. The van der Waals surface area contributed by atoms with Crippen molar-refractivity contribution in [3.63, 3.8) is 0 Å². The molecule has 1 aromatic carbocycles. The molecule has 0 bridgehead atoms. The second kappa shape index (κ2) is 5.93. The first-order valence-corrected chi connectivity index (χ1v) is 9.37. The molecule has 0 unspecified atom stereocenters. The molecular weight excluding hydrogens is 471 g/mol. The number of imidazole rings is 1. The van der Waals surface area contributed by atoms with Gasteiger partial charge in [0.15, 0.2) is 0 Å². The zero-order chi connectivity index (χ0) is 17.9. The maximum absolute atomic E-state index is 13.2. The van der Waals surface area contributed by atoms with Crippen LogP contribution < -0.4 is 5.56 Å². The number of rotatable bonds is 1. The van der Waals surface area contributed by atoms with Gasteiger partial charge in [-0.3, -0.25) is 18.7 Å². The van der Waals surface area contributed by atoms with E-state index in [-0.39, 0.29) is 5.56 Å². The quantitative estimate of drug-likeness (QED) is 0.391. The van der Waals surface area contributed by atoms with Crippen molar-refractivity contribution >= 4 is 60.1 Å². The van der Waals surface area contributed by atoms with Gasteiger partial charge in [0, 0.05) is 10.7 Å². The monoisotopic (exact) mass is 480 g/mol. The van der Waals surface area contributed by atoms with E-state index in [4.69, 9.17) is 11.6 Å². The number of halogens is 3. The highest BCUT2D eigenvalue weighted by atomic mass is 79.9. The van der Waals surface area contributed by atoms with Gasteiger partial charge in [-0.1, -0.05) is 11.6 Å². The van der Waals surface area contributed by atoms with Crippen LogP contribution in [0.25, 0.3) is 22.4 Å². The summed E-state index contributed by atoms with van der Waals surface area (Å²) < 4.78 is 4.80. The Morgan fingerprint density at radius 1 is 1.16 bits per heavy atom. The van der Waals surface area contributed by atoms with Crippen LogP contribution in [0.15, 0.2) is 44.3 Å². The third-order valence-electron chi connectivity index (χ3n) is 4.16. The predicted octanol–water partition coefficient (Wildman–Crippen LogP) is 4.83. The van der Waals surface area contributed by atoms with Crippen LogP contribution in [-0.2, 0) is 0 Å². The molecule has 0 aliphatic carbocycles. The number of nitrogens with zero attached hydrogens (tertiary/aromatic N) is 4. The van der Waals surface area contributed by atoms with Gasteiger partial charge in [0.1, 0.15) is 4.60 Å². The summed E-state index contributed by atoms with van der Waals surface area (Å²) in [5.74, 6) is 0. The smallest absolute Gasteiger partial charge is 0.290 e. The standard InChI is InChI=1S/C17H11Br2ClN4O/c1-8-12(4-3-5-21-8)24-13-6-10(18)11(20)7-14(13)23-9(2)15(19)22-16(23)17(24)25/h3-7H,1-2H3. The van der Waals surface area contributed by atoms with Crippen LogP contribution in [-0.4, -0.2) is 18.9 Å². The zero-order valence-electron chi connectivity index (χ0n) is 13.2. The summed E-state index contributed by atoms with van der Waals surface area (Å²) in [6.07, 6.45) is 1.70. The average Bonchev–Trinajstić information content (AvgIpc) is 2.87. The van der Waals surface area contributed by atoms with Crippen LogP contribution >= 0.6 is 43.5 Å². The fourth-order valence-electron chi connectivity index (χ4n) is 2.96. The Balaban J connectivity index is 2.34. The largest absolute Gasteiger partial charge is 0.299 e. The predicted molar refractivity (Wildman–Crippen MR) is 106 cm³/mol. The lowest BCUT2D eigenvalue weighted by Crippen LogP contribution is -2.23. The van der Waals surface area contributed by atoms with Crippen LogP contribution in [0.4, 0.5) is 0 Å². The van der Waals surface area contributed by atoms with E-state index in [1.807, 2.05) is 42.5 Å². The summed E-state index contributed by atoms with van der Waals surface area (Å²) in [5, 5.41) is 0.561. The second-order valence-corrected chi connectivity index (χ2v) is 7.66. The molecule has 0 aliphatic rings. The zero-order valence-corrected chi connectivity index (χ0v) is 17.1. The highest BCUT2D eigenvalue weighted by Crippen LogP contribution is 2.31. The van der Waals surface area contributed by atoms with E-state index in [9.17, 15) is 4.79 Å². The van der Waals surface area contributed by atoms with Gasteiger partial charge in [-0.05, 0) is 70.0 Å². The molecule has 0 amide bonds. The summed E-state index contributed by atoms with van der Waals surface area (Å²) in [7, 11) is 0. The van der Waals surface area contributed by atoms with Crippen molar-refractivity contribution in [3.8, 4) is 5.69 Å². The third kappa shape index (κ3) is 2.45. The molecule has 0 atom stereocenters. The van der Waals surface area contributed by atoms with Crippen LogP contribution in [0.3, 0.4) is 0 Å². The van der Waals surface area contributed by atoms with Gasteiger partial charge in [0.2, 0.25) is 5.65 Å². The minimum absolute atomic E-state index is 0.216. The Hall–Kier alpha value is -1.70. The van der Waals surface area contributed by atoms with E-state index in [1.54, 1.807) is 10.8 Å². The summed E-state index contributed by atoms with van der Waals surface area (Å²) in [6.45, 7) is 3.77. The number of hydrogen-bond acceptors (Lipinski definition) is 3. The molecule has 0 N–H and O–H groups in total. The summed E-state index contributed by atoms with van der Waals surface area (Å²) in [5.41, 5.74) is 3.94. The SMILES string of the molecule is Cc1ncccc1-n1c(=O)c2nc(Br)c(C)n2c2cc(Cl)c(Br)cc21. The van der Waals surface area contributed by atoms with Crippen molar-refractivity contribution in [1.29, 1.82) is 0 Å². The van der Waals surface area contributed by atoms with E-state index in [0.29, 0.717) is 25.4 Å². The molecule has 4 rings (SSSR count). The van der Waals surface area contributed by atoms with Crippen LogP contribution in [0, 0.1) is 13.8 Å². The first-order valence-electron chi connectivity index (χ1n) is 7.40. The fourth-order valence-corrected chi connectivity index (χ4v) is 3.79. The van der Waals surface area contributed by atoms with Crippen molar-refractivity contribution in [2.75, 3.05) is 0 Å². The van der Waals surface area contributed by atoms with E-state index in [2.05, 4.69) is 41.8 Å². The molecule has 126 valence electrons. The van der Waals surface area contributed by atoms with E-state index < -0.39 is 0 Å². The van der Waals surface area contributed by atoms with Gasteiger partial charge in [0.25, 0.3) is 5.56 Å². The minimum atomic E-state index is -0.216. The lowest BCUT2D eigenvalue weighted by molar-refractivity contribution is 0.974.